The molecule has 190 valence electrons. The lowest BCUT2D eigenvalue weighted by Gasteiger charge is -2.13. The number of benzene rings is 2. The van der Waals surface area contributed by atoms with Gasteiger partial charge in [-0.2, -0.15) is 5.10 Å². The highest BCUT2D eigenvalue weighted by molar-refractivity contribution is 6.31. The number of rotatable bonds is 5. The van der Waals surface area contributed by atoms with E-state index in [1.165, 1.54) is 0 Å². The molecule has 0 unspecified atom stereocenters. The second-order valence-corrected chi connectivity index (χ2v) is 9.95. The Morgan fingerprint density at radius 3 is 2.59 bits per heavy atom. The molecule has 8 heteroatoms. The molecular weight excluding hydrogens is 490 g/mol. The second kappa shape index (κ2) is 9.90. The van der Waals surface area contributed by atoms with E-state index in [0.29, 0.717) is 40.6 Å². The molecule has 2 amide bonds. The highest BCUT2D eigenvalue weighted by Gasteiger charge is 2.28. The fraction of sp³-hybridized carbons (Fsp3) is 0.276. The first-order valence-corrected chi connectivity index (χ1v) is 12.6. The largest absolute Gasteiger partial charge is 0.464 e. The van der Waals surface area contributed by atoms with Crippen molar-refractivity contribution in [2.75, 3.05) is 5.32 Å². The Hall–Kier alpha value is -3.84. The molecule has 0 fully saturated rings. The number of halogens is 1. The monoisotopic (exact) mass is 517 g/mol. The van der Waals surface area contributed by atoms with Crippen molar-refractivity contribution in [3.63, 3.8) is 0 Å². The van der Waals surface area contributed by atoms with Crippen molar-refractivity contribution in [2.24, 2.45) is 5.10 Å². The molecule has 1 aliphatic rings. The number of hydrogen-bond acceptors (Lipinski definition) is 5. The Labute approximate surface area is 219 Å². The molecule has 0 bridgehead atoms. The van der Waals surface area contributed by atoms with Gasteiger partial charge < -0.3 is 14.2 Å². The van der Waals surface area contributed by atoms with Gasteiger partial charge in [0.15, 0.2) is 5.76 Å². The zero-order valence-electron chi connectivity index (χ0n) is 21.3. The van der Waals surface area contributed by atoms with Crippen LogP contribution in [0.15, 0.2) is 50.5 Å². The van der Waals surface area contributed by atoms with E-state index in [1.807, 2.05) is 45.9 Å². The summed E-state index contributed by atoms with van der Waals surface area (Å²) in [6.45, 7) is 7.78. The highest BCUT2D eigenvalue weighted by atomic mass is 35.5. The maximum atomic E-state index is 13.0. The summed E-state index contributed by atoms with van der Waals surface area (Å²) in [6.07, 6.45) is 3.97. The average Bonchev–Trinajstić information content (AvgIpc) is 3.44. The van der Waals surface area contributed by atoms with Gasteiger partial charge in [0.1, 0.15) is 11.3 Å². The third-order valence-electron chi connectivity index (χ3n) is 6.97. The maximum absolute atomic E-state index is 13.0. The van der Waals surface area contributed by atoms with Gasteiger partial charge in [-0.3, -0.25) is 9.59 Å². The number of nitrogens with zero attached hydrogens (tertiary/aromatic N) is 1. The first-order chi connectivity index (χ1) is 17.7. The molecule has 0 spiro atoms. The molecule has 2 aromatic heterocycles. The molecule has 0 aliphatic heterocycles. The molecule has 37 heavy (non-hydrogen) atoms. The summed E-state index contributed by atoms with van der Waals surface area (Å²) in [4.78, 5) is 25.7. The molecule has 0 atom stereocenters. The molecule has 0 radical (unpaired) electrons. The van der Waals surface area contributed by atoms with E-state index in [1.54, 1.807) is 18.4 Å². The molecule has 0 saturated carbocycles. The van der Waals surface area contributed by atoms with Crippen LogP contribution in [0.25, 0.3) is 11.0 Å². The van der Waals surface area contributed by atoms with Crippen LogP contribution < -0.4 is 10.7 Å². The number of hydrogen-bond donors (Lipinski definition) is 2. The predicted octanol–water partition coefficient (Wildman–Crippen LogP) is 6.56. The van der Waals surface area contributed by atoms with Crippen LogP contribution in [0.3, 0.4) is 0 Å². The van der Waals surface area contributed by atoms with Gasteiger partial charge in [0.2, 0.25) is 5.91 Å². The van der Waals surface area contributed by atoms with Crippen LogP contribution in [-0.2, 0) is 17.6 Å². The first-order valence-electron chi connectivity index (χ1n) is 12.2. The average molecular weight is 518 g/mol. The normalized spacial score (nSPS) is 14.1. The van der Waals surface area contributed by atoms with Gasteiger partial charge in [-0.15, -0.1) is 0 Å². The minimum Gasteiger partial charge on any atom is -0.464 e. The minimum atomic E-state index is -0.354. The van der Waals surface area contributed by atoms with Crippen molar-refractivity contribution < 1.29 is 18.4 Å². The van der Waals surface area contributed by atoms with E-state index in [0.717, 1.165) is 45.2 Å². The fourth-order valence-corrected chi connectivity index (χ4v) is 4.90. The van der Waals surface area contributed by atoms with Crippen molar-refractivity contribution in [3.05, 3.63) is 86.5 Å². The number of nitrogens with one attached hydrogen (secondary N) is 2. The van der Waals surface area contributed by atoms with Crippen LogP contribution in [0.5, 0.6) is 0 Å². The Kier molecular flexibility index (Phi) is 6.65. The maximum Gasteiger partial charge on any atom is 0.291 e. The summed E-state index contributed by atoms with van der Waals surface area (Å²) in [6, 6.07) is 9.36. The fourth-order valence-electron chi connectivity index (χ4n) is 4.72. The van der Waals surface area contributed by atoms with Crippen LogP contribution in [0, 0.1) is 27.7 Å². The SMILES string of the molecule is Cc1ccc(NC(=O)c2oc3c(c2C)/C(=N/NC(=O)Cc2coc4c(C)c(C)ccc24)CCC3)cc1Cl. The van der Waals surface area contributed by atoms with Crippen molar-refractivity contribution in [3.8, 4) is 0 Å². The van der Waals surface area contributed by atoms with E-state index in [2.05, 4.69) is 15.8 Å². The zero-order chi connectivity index (χ0) is 26.3. The van der Waals surface area contributed by atoms with E-state index >= 15 is 0 Å². The molecule has 2 N–H and O–H groups in total. The van der Waals surface area contributed by atoms with Gasteiger partial charge in [0.05, 0.1) is 18.4 Å². The number of amides is 2. The van der Waals surface area contributed by atoms with E-state index in [9.17, 15) is 9.59 Å². The third-order valence-corrected chi connectivity index (χ3v) is 7.38. The number of fused-ring (bicyclic) bond motifs is 2. The Morgan fingerprint density at radius 2 is 1.81 bits per heavy atom. The highest BCUT2D eigenvalue weighted by Crippen LogP contribution is 2.31. The van der Waals surface area contributed by atoms with Crippen LogP contribution in [0.2, 0.25) is 5.02 Å². The van der Waals surface area contributed by atoms with Crippen LogP contribution in [0.1, 0.15) is 62.5 Å². The molecule has 7 nitrogen and oxygen atoms in total. The van der Waals surface area contributed by atoms with Crippen LogP contribution in [-0.4, -0.2) is 17.5 Å². The predicted molar refractivity (Wildman–Crippen MR) is 145 cm³/mol. The Morgan fingerprint density at radius 1 is 1.03 bits per heavy atom. The van der Waals surface area contributed by atoms with Crippen LogP contribution in [0.4, 0.5) is 5.69 Å². The number of aryl methyl sites for hydroxylation is 4. The number of carbonyl (C=O) groups excluding carboxylic acids is 2. The van der Waals surface area contributed by atoms with Gasteiger partial charge in [0.25, 0.3) is 5.91 Å². The lowest BCUT2D eigenvalue weighted by atomic mass is 9.93. The van der Waals surface area contributed by atoms with Gasteiger partial charge in [-0.05, 0) is 69.4 Å². The minimum absolute atomic E-state index is 0.149. The van der Waals surface area contributed by atoms with E-state index in [4.69, 9.17) is 20.4 Å². The summed E-state index contributed by atoms with van der Waals surface area (Å²) >= 11 is 6.19. The lowest BCUT2D eigenvalue weighted by molar-refractivity contribution is -0.120. The van der Waals surface area contributed by atoms with E-state index in [-0.39, 0.29) is 24.0 Å². The molecule has 4 aromatic rings. The van der Waals surface area contributed by atoms with Gasteiger partial charge in [-0.1, -0.05) is 29.8 Å². The van der Waals surface area contributed by atoms with Gasteiger partial charge in [0, 0.05) is 39.2 Å². The number of hydrazone groups is 1. The molecule has 2 heterocycles. The summed E-state index contributed by atoms with van der Waals surface area (Å²) in [5.41, 5.74) is 10.2. The topological polar surface area (TPSA) is 96.8 Å². The van der Waals surface area contributed by atoms with Gasteiger partial charge in [-0.25, -0.2) is 5.43 Å². The number of furan rings is 2. The zero-order valence-corrected chi connectivity index (χ0v) is 22.0. The smallest absolute Gasteiger partial charge is 0.291 e. The summed E-state index contributed by atoms with van der Waals surface area (Å²) in [5, 5.41) is 8.79. The Bertz CT molecular complexity index is 1580. The molecule has 1 aliphatic carbocycles. The Balaban J connectivity index is 1.33. The van der Waals surface area contributed by atoms with Crippen LogP contribution >= 0.6 is 11.6 Å². The molecule has 5 rings (SSSR count). The third kappa shape index (κ3) is 4.79. The lowest BCUT2D eigenvalue weighted by Crippen LogP contribution is -2.23. The second-order valence-electron chi connectivity index (χ2n) is 9.54. The summed E-state index contributed by atoms with van der Waals surface area (Å²) in [5.74, 6) is 0.345. The molecule has 2 aromatic carbocycles. The van der Waals surface area contributed by atoms with Crippen molar-refractivity contribution in [2.45, 2.75) is 53.4 Å². The first kappa shape index (κ1) is 24.8. The van der Waals surface area contributed by atoms with Crippen molar-refractivity contribution in [1.82, 2.24) is 5.43 Å². The number of carbonyl (C=O) groups is 2. The standard InChI is InChI=1S/C29H28ClN3O4/c1-15-9-11-21-19(14-36-27(21)17(15)3)12-25(34)33-32-23-6-5-7-24-26(23)18(4)28(37-24)29(35)31-20-10-8-16(2)22(30)13-20/h8-11,13-14H,5-7,12H2,1-4H3,(H,31,35)(H,33,34)/b32-23+. The van der Waals surface area contributed by atoms with E-state index < -0.39 is 0 Å². The quantitative estimate of drug-likeness (QED) is 0.293. The molecule has 0 saturated heterocycles. The van der Waals surface area contributed by atoms with Gasteiger partial charge >= 0.3 is 0 Å². The van der Waals surface area contributed by atoms with Crippen molar-refractivity contribution >= 4 is 45.8 Å². The summed E-state index contributed by atoms with van der Waals surface area (Å²) < 4.78 is 11.7. The number of anilines is 1. The molecular formula is C29H28ClN3O4. The summed E-state index contributed by atoms with van der Waals surface area (Å²) in [7, 11) is 0. The van der Waals surface area contributed by atoms with Crippen molar-refractivity contribution in [1.29, 1.82) is 0 Å².